The number of nitrogens with zero attached hydrogens (tertiary/aromatic N) is 4. The number of amides is 1. The van der Waals surface area contributed by atoms with Gasteiger partial charge in [0.15, 0.2) is 0 Å². The monoisotopic (exact) mass is 346 g/mol. The number of anilines is 1. The van der Waals surface area contributed by atoms with Gasteiger partial charge in [0.25, 0.3) is 0 Å². The topological polar surface area (TPSA) is 58.6 Å². The Morgan fingerprint density at radius 3 is 3.00 bits per heavy atom. The van der Waals surface area contributed by atoms with E-state index in [4.69, 9.17) is 4.74 Å². The maximum Gasteiger partial charge on any atom is 0.230 e. The molecule has 0 unspecified atom stereocenters. The van der Waals surface area contributed by atoms with Gasteiger partial charge in [-0.15, -0.1) is 11.3 Å². The Bertz CT molecular complexity index is 690. The van der Waals surface area contributed by atoms with E-state index in [1.165, 1.54) is 0 Å². The van der Waals surface area contributed by atoms with Crippen LogP contribution in [0.25, 0.3) is 0 Å². The fourth-order valence-corrected chi connectivity index (χ4v) is 3.49. The minimum atomic E-state index is -0.208. The highest BCUT2D eigenvalue weighted by Crippen LogP contribution is 2.27. The summed E-state index contributed by atoms with van der Waals surface area (Å²) in [6, 6.07) is 5.85. The van der Waals surface area contributed by atoms with Gasteiger partial charge in [0.2, 0.25) is 11.9 Å². The zero-order chi connectivity index (χ0) is 17.1. The summed E-state index contributed by atoms with van der Waals surface area (Å²) < 4.78 is 5.85. The van der Waals surface area contributed by atoms with Gasteiger partial charge >= 0.3 is 0 Å². The Morgan fingerprint density at radius 1 is 1.46 bits per heavy atom. The van der Waals surface area contributed by atoms with Crippen LogP contribution in [0.4, 0.5) is 5.95 Å². The van der Waals surface area contributed by atoms with Crippen LogP contribution in [0.3, 0.4) is 0 Å². The molecule has 1 saturated heterocycles. The fraction of sp³-hybridized carbons (Fsp3) is 0.471. The SMILES string of the molecule is C[C@@H](C(=O)N1CCO[C@@H](c2ccnc(N(C)C)n2)C1)c1cccs1. The van der Waals surface area contributed by atoms with Crippen LogP contribution >= 0.6 is 11.3 Å². The number of hydrogen-bond acceptors (Lipinski definition) is 6. The number of morpholine rings is 1. The van der Waals surface area contributed by atoms with E-state index < -0.39 is 0 Å². The molecule has 3 heterocycles. The van der Waals surface area contributed by atoms with E-state index in [-0.39, 0.29) is 17.9 Å². The molecule has 0 aromatic carbocycles. The van der Waals surface area contributed by atoms with Gasteiger partial charge in [-0.1, -0.05) is 6.07 Å². The van der Waals surface area contributed by atoms with Crippen molar-refractivity contribution in [3.05, 3.63) is 40.3 Å². The minimum Gasteiger partial charge on any atom is -0.368 e. The van der Waals surface area contributed by atoms with Crippen molar-refractivity contribution in [1.29, 1.82) is 0 Å². The minimum absolute atomic E-state index is 0.119. The molecule has 0 saturated carbocycles. The highest BCUT2D eigenvalue weighted by atomic mass is 32.1. The van der Waals surface area contributed by atoms with Crippen molar-refractivity contribution in [2.75, 3.05) is 38.7 Å². The summed E-state index contributed by atoms with van der Waals surface area (Å²) >= 11 is 1.62. The van der Waals surface area contributed by atoms with E-state index >= 15 is 0 Å². The molecule has 1 fully saturated rings. The molecule has 2 atom stereocenters. The third-order valence-corrected chi connectivity index (χ3v) is 5.17. The van der Waals surface area contributed by atoms with E-state index in [1.54, 1.807) is 17.5 Å². The summed E-state index contributed by atoms with van der Waals surface area (Å²) in [7, 11) is 3.80. The molecule has 3 rings (SSSR count). The molecule has 1 aliphatic rings. The van der Waals surface area contributed by atoms with E-state index in [0.29, 0.717) is 25.6 Å². The first-order valence-electron chi connectivity index (χ1n) is 8.00. The van der Waals surface area contributed by atoms with Crippen LogP contribution in [-0.2, 0) is 9.53 Å². The van der Waals surface area contributed by atoms with Crippen molar-refractivity contribution in [2.45, 2.75) is 18.9 Å². The molecule has 0 spiro atoms. The second-order valence-corrected chi connectivity index (χ2v) is 7.04. The Balaban J connectivity index is 1.72. The van der Waals surface area contributed by atoms with Crippen molar-refractivity contribution < 1.29 is 9.53 Å². The number of rotatable bonds is 4. The number of carbonyl (C=O) groups is 1. The molecule has 0 radical (unpaired) electrons. The molecule has 1 aliphatic heterocycles. The first kappa shape index (κ1) is 16.9. The summed E-state index contributed by atoms with van der Waals surface area (Å²) in [6.07, 6.45) is 1.52. The maximum absolute atomic E-state index is 12.8. The van der Waals surface area contributed by atoms with Gasteiger partial charge in [-0.2, -0.15) is 0 Å². The van der Waals surface area contributed by atoms with Crippen LogP contribution in [0.2, 0.25) is 0 Å². The molecule has 0 aliphatic carbocycles. The summed E-state index contributed by atoms with van der Waals surface area (Å²) in [5.41, 5.74) is 0.815. The quantitative estimate of drug-likeness (QED) is 0.850. The molecule has 7 heteroatoms. The Labute approximate surface area is 146 Å². The molecule has 6 nitrogen and oxygen atoms in total. The predicted octanol–water partition coefficient (Wildman–Crippen LogP) is 2.31. The number of thiophene rings is 1. The van der Waals surface area contributed by atoms with Gasteiger partial charge in [-0.05, 0) is 24.4 Å². The second kappa shape index (κ2) is 7.27. The van der Waals surface area contributed by atoms with Crippen LogP contribution in [0.5, 0.6) is 0 Å². The highest BCUT2D eigenvalue weighted by molar-refractivity contribution is 7.10. The highest BCUT2D eigenvalue weighted by Gasteiger charge is 2.30. The second-order valence-electron chi connectivity index (χ2n) is 6.06. The van der Waals surface area contributed by atoms with Crippen molar-refractivity contribution >= 4 is 23.2 Å². The number of ether oxygens (including phenoxy) is 1. The molecule has 128 valence electrons. The van der Waals surface area contributed by atoms with Crippen LogP contribution in [-0.4, -0.2) is 54.6 Å². The summed E-state index contributed by atoms with van der Waals surface area (Å²) in [5, 5.41) is 2.00. The van der Waals surface area contributed by atoms with E-state index in [2.05, 4.69) is 9.97 Å². The first-order valence-corrected chi connectivity index (χ1v) is 8.88. The largest absolute Gasteiger partial charge is 0.368 e. The molecular weight excluding hydrogens is 324 g/mol. The molecule has 0 N–H and O–H groups in total. The number of aromatic nitrogens is 2. The van der Waals surface area contributed by atoms with Crippen LogP contribution in [0.1, 0.15) is 29.5 Å². The van der Waals surface area contributed by atoms with Gasteiger partial charge in [0.05, 0.1) is 24.8 Å². The number of carbonyl (C=O) groups excluding carboxylic acids is 1. The Morgan fingerprint density at radius 2 is 2.29 bits per heavy atom. The fourth-order valence-electron chi connectivity index (χ4n) is 2.72. The number of hydrogen-bond donors (Lipinski definition) is 0. The smallest absolute Gasteiger partial charge is 0.230 e. The van der Waals surface area contributed by atoms with E-state index in [0.717, 1.165) is 10.6 Å². The molecule has 0 bridgehead atoms. The van der Waals surface area contributed by atoms with Crippen molar-refractivity contribution in [1.82, 2.24) is 14.9 Å². The molecule has 2 aromatic heterocycles. The van der Waals surface area contributed by atoms with Crippen molar-refractivity contribution in [3.63, 3.8) is 0 Å². The lowest BCUT2D eigenvalue weighted by Gasteiger charge is -2.34. The lowest BCUT2D eigenvalue weighted by atomic mass is 10.1. The lowest BCUT2D eigenvalue weighted by molar-refractivity contribution is -0.140. The molecule has 24 heavy (non-hydrogen) atoms. The average molecular weight is 346 g/mol. The summed E-state index contributed by atoms with van der Waals surface area (Å²) in [6.45, 7) is 3.64. The maximum atomic E-state index is 12.8. The van der Waals surface area contributed by atoms with Gasteiger partial charge < -0.3 is 14.5 Å². The summed E-state index contributed by atoms with van der Waals surface area (Å²) in [5.74, 6) is 0.672. The lowest BCUT2D eigenvalue weighted by Crippen LogP contribution is -2.44. The van der Waals surface area contributed by atoms with Crippen LogP contribution in [0.15, 0.2) is 29.8 Å². The third-order valence-electron chi connectivity index (χ3n) is 4.11. The molecule has 1 amide bonds. The van der Waals surface area contributed by atoms with E-state index in [9.17, 15) is 4.79 Å². The Kier molecular flexibility index (Phi) is 5.11. The van der Waals surface area contributed by atoms with Crippen molar-refractivity contribution in [2.24, 2.45) is 0 Å². The van der Waals surface area contributed by atoms with Gasteiger partial charge in [0, 0.05) is 31.7 Å². The Hall–Kier alpha value is -1.99. The zero-order valence-corrected chi connectivity index (χ0v) is 15.0. The molecular formula is C17H22N4O2S. The van der Waals surface area contributed by atoms with Crippen LogP contribution < -0.4 is 4.90 Å². The van der Waals surface area contributed by atoms with Crippen molar-refractivity contribution in [3.8, 4) is 0 Å². The van der Waals surface area contributed by atoms with Crippen LogP contribution in [0, 0.1) is 0 Å². The zero-order valence-electron chi connectivity index (χ0n) is 14.2. The average Bonchev–Trinajstić information content (AvgIpc) is 3.15. The van der Waals surface area contributed by atoms with E-state index in [1.807, 2.05) is 54.4 Å². The van der Waals surface area contributed by atoms with Gasteiger partial charge in [-0.25, -0.2) is 9.97 Å². The normalized spacial score (nSPS) is 19.1. The molecule has 2 aromatic rings. The summed E-state index contributed by atoms with van der Waals surface area (Å²) in [4.78, 5) is 26.4. The third kappa shape index (κ3) is 3.57. The standard InChI is InChI=1S/C17H22N4O2S/c1-12(15-5-4-10-24-15)16(22)21-8-9-23-14(11-21)13-6-7-18-17(19-13)20(2)3/h4-7,10,12,14H,8-9,11H2,1-3H3/t12-,14-/m1/s1. The first-order chi connectivity index (χ1) is 11.6. The van der Waals surface area contributed by atoms with Gasteiger partial charge in [-0.3, -0.25) is 4.79 Å². The predicted molar refractivity (Wildman–Crippen MR) is 94.4 cm³/mol. The van der Waals surface area contributed by atoms with Gasteiger partial charge in [0.1, 0.15) is 6.10 Å².